The molecule has 3 heterocycles. The van der Waals surface area contributed by atoms with Gasteiger partial charge in [-0.2, -0.15) is 4.68 Å². The van der Waals surface area contributed by atoms with Gasteiger partial charge in [-0.15, -0.1) is 0 Å². The first kappa shape index (κ1) is 19.7. The summed E-state index contributed by atoms with van der Waals surface area (Å²) < 4.78 is 8.08. The monoisotopic (exact) mass is 418 g/mol. The van der Waals surface area contributed by atoms with E-state index in [0.29, 0.717) is 26.1 Å². The summed E-state index contributed by atoms with van der Waals surface area (Å²) in [5.74, 6) is 0.906. The zero-order chi connectivity index (χ0) is 21.1. The smallest absolute Gasteiger partial charge is 0.250 e. The summed E-state index contributed by atoms with van der Waals surface area (Å²) in [4.78, 5) is 16.9. The minimum atomic E-state index is -0.317. The molecule has 31 heavy (non-hydrogen) atoms. The van der Waals surface area contributed by atoms with Gasteiger partial charge in [0.05, 0.1) is 30.9 Å². The number of hydrogen-bond acceptors (Lipinski definition) is 6. The minimum Gasteiger partial charge on any atom is -0.372 e. The lowest BCUT2D eigenvalue weighted by molar-refractivity contribution is -0.132. The van der Waals surface area contributed by atoms with E-state index in [1.807, 2.05) is 53.4 Å². The molecule has 0 unspecified atom stereocenters. The Labute approximate surface area is 181 Å². The number of hydrogen-bond donors (Lipinski definition) is 0. The number of para-hydroxylation sites is 1. The number of anilines is 1. The normalized spacial score (nSPS) is 18.9. The molecule has 2 fully saturated rings. The molecule has 2 aliphatic heterocycles. The molecule has 8 nitrogen and oxygen atoms in total. The van der Waals surface area contributed by atoms with Crippen LogP contribution in [-0.4, -0.2) is 62.9 Å². The fourth-order valence-electron chi connectivity index (χ4n) is 4.48. The van der Waals surface area contributed by atoms with E-state index in [2.05, 4.69) is 32.6 Å². The molecule has 1 amide bonds. The van der Waals surface area contributed by atoms with Crippen molar-refractivity contribution in [3.8, 4) is 5.69 Å². The molecule has 0 saturated carbocycles. The number of carbonyl (C=O) groups is 1. The topological polar surface area (TPSA) is 76.4 Å². The van der Waals surface area contributed by atoms with Gasteiger partial charge in [-0.25, -0.2) is 0 Å². The largest absolute Gasteiger partial charge is 0.372 e. The zero-order valence-corrected chi connectivity index (χ0v) is 17.4. The summed E-state index contributed by atoms with van der Waals surface area (Å²) in [6.45, 7) is 3.28. The Morgan fingerprint density at radius 2 is 1.68 bits per heavy atom. The van der Waals surface area contributed by atoms with Crippen LogP contribution in [0.15, 0.2) is 60.7 Å². The van der Waals surface area contributed by atoms with Gasteiger partial charge < -0.3 is 14.5 Å². The summed E-state index contributed by atoms with van der Waals surface area (Å²) in [7, 11) is 0. The molecular weight excluding hydrogens is 392 g/mol. The van der Waals surface area contributed by atoms with Crippen LogP contribution in [-0.2, 0) is 16.1 Å². The second-order valence-corrected chi connectivity index (χ2v) is 8.23. The molecule has 8 heteroatoms. The Morgan fingerprint density at radius 1 is 0.968 bits per heavy atom. The molecule has 0 bridgehead atoms. The van der Waals surface area contributed by atoms with Crippen LogP contribution in [0.5, 0.6) is 0 Å². The van der Waals surface area contributed by atoms with Gasteiger partial charge in [0.15, 0.2) is 0 Å². The lowest BCUT2D eigenvalue weighted by Gasteiger charge is -2.42. The van der Waals surface area contributed by atoms with Crippen LogP contribution in [0.25, 0.3) is 5.69 Å². The number of ether oxygens (including phenoxy) is 1. The van der Waals surface area contributed by atoms with Crippen LogP contribution in [0.1, 0.15) is 24.8 Å². The van der Waals surface area contributed by atoms with Crippen molar-refractivity contribution in [1.29, 1.82) is 0 Å². The summed E-state index contributed by atoms with van der Waals surface area (Å²) in [5.41, 5.74) is 1.77. The third kappa shape index (κ3) is 4.16. The van der Waals surface area contributed by atoms with Crippen molar-refractivity contribution in [2.75, 3.05) is 31.1 Å². The van der Waals surface area contributed by atoms with Crippen LogP contribution in [0.2, 0.25) is 0 Å². The molecule has 1 aromatic heterocycles. The number of piperidine rings is 1. The maximum Gasteiger partial charge on any atom is 0.250 e. The number of nitrogens with zero attached hydrogens (tertiary/aromatic N) is 6. The molecule has 2 saturated heterocycles. The van der Waals surface area contributed by atoms with E-state index in [0.717, 1.165) is 43.1 Å². The highest BCUT2D eigenvalue weighted by atomic mass is 16.5. The number of benzene rings is 2. The van der Waals surface area contributed by atoms with E-state index in [4.69, 9.17) is 4.74 Å². The molecule has 0 aliphatic carbocycles. The van der Waals surface area contributed by atoms with E-state index in [-0.39, 0.29) is 11.5 Å². The van der Waals surface area contributed by atoms with Crippen LogP contribution in [0.4, 0.5) is 5.95 Å². The van der Waals surface area contributed by atoms with Gasteiger partial charge in [-0.05, 0) is 41.0 Å². The first-order chi connectivity index (χ1) is 15.2. The van der Waals surface area contributed by atoms with Crippen LogP contribution < -0.4 is 4.90 Å². The highest BCUT2D eigenvalue weighted by molar-refractivity contribution is 5.76. The Hall–Kier alpha value is -3.26. The number of rotatable bonds is 4. The van der Waals surface area contributed by atoms with Gasteiger partial charge in [0.2, 0.25) is 11.9 Å². The minimum absolute atomic E-state index is 0.163. The van der Waals surface area contributed by atoms with Crippen molar-refractivity contribution in [2.24, 2.45) is 0 Å². The Kier molecular flexibility index (Phi) is 5.38. The van der Waals surface area contributed by atoms with E-state index >= 15 is 0 Å². The number of tetrazole rings is 1. The van der Waals surface area contributed by atoms with E-state index in [9.17, 15) is 4.79 Å². The molecule has 2 aliphatic rings. The summed E-state index contributed by atoms with van der Waals surface area (Å²) >= 11 is 0. The van der Waals surface area contributed by atoms with E-state index < -0.39 is 0 Å². The first-order valence-corrected chi connectivity index (χ1v) is 10.8. The van der Waals surface area contributed by atoms with Crippen LogP contribution >= 0.6 is 0 Å². The fraction of sp³-hybridized carbons (Fsp3) is 0.391. The average Bonchev–Trinajstić information content (AvgIpc) is 3.25. The van der Waals surface area contributed by atoms with Crippen molar-refractivity contribution >= 4 is 11.9 Å². The fourth-order valence-corrected chi connectivity index (χ4v) is 4.48. The van der Waals surface area contributed by atoms with Crippen molar-refractivity contribution in [2.45, 2.75) is 31.4 Å². The molecule has 1 spiro atoms. The standard InChI is InChI=1S/C23H26N6O2/c30-21-11-16-31-23(18-28(21)17-19-7-3-1-4-8-19)12-14-27(15-13-23)22-24-25-26-29(22)20-9-5-2-6-10-20/h1-10H,11-18H2. The zero-order valence-electron chi connectivity index (χ0n) is 17.4. The first-order valence-electron chi connectivity index (χ1n) is 10.8. The van der Waals surface area contributed by atoms with Gasteiger partial charge >= 0.3 is 0 Å². The van der Waals surface area contributed by atoms with Gasteiger partial charge in [-0.1, -0.05) is 53.6 Å². The maximum atomic E-state index is 12.7. The predicted octanol–water partition coefficient (Wildman–Crippen LogP) is 2.45. The highest BCUT2D eigenvalue weighted by Gasteiger charge is 2.41. The molecule has 5 rings (SSSR count). The number of carbonyl (C=O) groups excluding carboxylic acids is 1. The molecule has 0 N–H and O–H groups in total. The number of amides is 1. The second kappa shape index (κ2) is 8.47. The molecular formula is C23H26N6O2. The van der Waals surface area contributed by atoms with Crippen molar-refractivity contribution in [3.63, 3.8) is 0 Å². The average molecular weight is 419 g/mol. The van der Waals surface area contributed by atoms with Gasteiger partial charge in [0, 0.05) is 19.6 Å². The number of aromatic nitrogens is 4. The van der Waals surface area contributed by atoms with Gasteiger partial charge in [0.1, 0.15) is 0 Å². The van der Waals surface area contributed by atoms with E-state index in [1.54, 1.807) is 4.68 Å². The van der Waals surface area contributed by atoms with Gasteiger partial charge in [-0.3, -0.25) is 4.79 Å². The lowest BCUT2D eigenvalue weighted by atomic mass is 9.90. The Bertz CT molecular complexity index is 1010. The highest BCUT2D eigenvalue weighted by Crippen LogP contribution is 2.32. The van der Waals surface area contributed by atoms with Crippen LogP contribution in [0.3, 0.4) is 0 Å². The quantitative estimate of drug-likeness (QED) is 0.648. The molecule has 160 valence electrons. The predicted molar refractivity (Wildman–Crippen MR) is 116 cm³/mol. The molecule has 3 aromatic rings. The van der Waals surface area contributed by atoms with Gasteiger partial charge in [0.25, 0.3) is 0 Å². The van der Waals surface area contributed by atoms with Crippen molar-refractivity contribution < 1.29 is 9.53 Å². The Morgan fingerprint density at radius 3 is 2.42 bits per heavy atom. The van der Waals surface area contributed by atoms with Crippen molar-refractivity contribution in [1.82, 2.24) is 25.1 Å². The molecule has 2 aromatic carbocycles. The van der Waals surface area contributed by atoms with Crippen molar-refractivity contribution in [3.05, 3.63) is 66.2 Å². The summed E-state index contributed by atoms with van der Waals surface area (Å²) in [6.07, 6.45) is 2.09. The lowest BCUT2D eigenvalue weighted by Crippen LogP contribution is -2.52. The molecule has 0 atom stereocenters. The SMILES string of the molecule is O=C1CCOC2(CCN(c3nnnn3-c3ccccc3)CC2)CN1Cc1ccccc1. The summed E-state index contributed by atoms with van der Waals surface area (Å²) in [5, 5.41) is 12.4. The third-order valence-corrected chi connectivity index (χ3v) is 6.18. The van der Waals surface area contributed by atoms with E-state index in [1.165, 1.54) is 0 Å². The van der Waals surface area contributed by atoms with Crippen LogP contribution in [0, 0.1) is 0 Å². The second-order valence-electron chi connectivity index (χ2n) is 8.23. The summed E-state index contributed by atoms with van der Waals surface area (Å²) in [6, 6.07) is 20.1. The molecule has 0 radical (unpaired) electrons. The Balaban J connectivity index is 1.30. The third-order valence-electron chi connectivity index (χ3n) is 6.18. The maximum absolute atomic E-state index is 12.7.